The van der Waals surface area contributed by atoms with Crippen LogP contribution >= 0.6 is 22.6 Å². The molecule has 19 heavy (non-hydrogen) atoms. The number of nitrogens with two attached hydrogens (primary N) is 1. The molecule has 2 N–H and O–H groups in total. The van der Waals surface area contributed by atoms with Gasteiger partial charge >= 0.3 is 0 Å². The van der Waals surface area contributed by atoms with Crippen LogP contribution in [0.1, 0.15) is 5.69 Å². The Labute approximate surface area is 124 Å². The van der Waals surface area contributed by atoms with Crippen LogP contribution in [-0.2, 0) is 0 Å². The largest absolute Gasteiger partial charge is 0.382 e. The summed E-state index contributed by atoms with van der Waals surface area (Å²) in [5.41, 5.74) is 8.49. The average Bonchev–Trinajstić information content (AvgIpc) is 2.38. The molecule has 0 aliphatic heterocycles. The zero-order valence-electron chi connectivity index (χ0n) is 10.3. The molecule has 0 bridgehead atoms. The quantitative estimate of drug-likeness (QED) is 0.676. The summed E-state index contributed by atoms with van der Waals surface area (Å²) < 4.78 is 1.15. The van der Waals surface area contributed by atoms with Gasteiger partial charge < -0.3 is 5.73 Å². The van der Waals surface area contributed by atoms with Crippen molar-refractivity contribution in [1.82, 2.24) is 15.0 Å². The van der Waals surface area contributed by atoms with Gasteiger partial charge in [0, 0.05) is 26.4 Å². The highest BCUT2D eigenvalue weighted by Crippen LogP contribution is 2.22. The van der Waals surface area contributed by atoms with Gasteiger partial charge in [-0.3, -0.25) is 0 Å². The zero-order valence-corrected chi connectivity index (χ0v) is 12.4. The minimum Gasteiger partial charge on any atom is -0.382 e. The molecule has 0 aliphatic carbocycles. The number of rotatable bonds is 1. The number of pyridine rings is 1. The van der Waals surface area contributed by atoms with Gasteiger partial charge in [-0.15, -0.1) is 0 Å². The van der Waals surface area contributed by atoms with Gasteiger partial charge in [-0.05, 0) is 47.7 Å². The average molecular weight is 362 g/mol. The lowest BCUT2D eigenvalue weighted by atomic mass is 10.2. The molecule has 0 unspecified atom stereocenters. The van der Waals surface area contributed by atoms with Gasteiger partial charge in [0.25, 0.3) is 0 Å². The van der Waals surface area contributed by atoms with E-state index in [0.717, 1.165) is 20.2 Å². The van der Waals surface area contributed by atoms with Crippen LogP contribution in [-0.4, -0.2) is 15.0 Å². The van der Waals surface area contributed by atoms with Crippen LogP contribution in [0.4, 0.5) is 5.82 Å². The van der Waals surface area contributed by atoms with E-state index in [0.29, 0.717) is 17.2 Å². The molecule has 0 aliphatic rings. The van der Waals surface area contributed by atoms with Gasteiger partial charge in [0.15, 0.2) is 5.82 Å². The highest BCUT2D eigenvalue weighted by atomic mass is 127. The van der Waals surface area contributed by atoms with Crippen LogP contribution < -0.4 is 5.73 Å². The molecular weight excluding hydrogens is 351 g/mol. The number of hydrogen-bond acceptors (Lipinski definition) is 4. The Morgan fingerprint density at radius 3 is 2.79 bits per heavy atom. The fourth-order valence-corrected chi connectivity index (χ4v) is 2.51. The van der Waals surface area contributed by atoms with Crippen molar-refractivity contribution in [2.24, 2.45) is 0 Å². The number of aromatic nitrogens is 3. The Bertz CT molecular complexity index is 770. The van der Waals surface area contributed by atoms with E-state index in [2.05, 4.69) is 37.5 Å². The van der Waals surface area contributed by atoms with Crippen molar-refractivity contribution in [2.75, 3.05) is 5.73 Å². The Morgan fingerprint density at radius 2 is 2.00 bits per heavy atom. The van der Waals surface area contributed by atoms with Crippen molar-refractivity contribution in [1.29, 1.82) is 0 Å². The van der Waals surface area contributed by atoms with Crippen molar-refractivity contribution in [2.45, 2.75) is 6.92 Å². The molecule has 0 saturated carbocycles. The van der Waals surface area contributed by atoms with E-state index in [-0.39, 0.29) is 0 Å². The number of fused-ring (bicyclic) bond motifs is 1. The second-order valence-electron chi connectivity index (χ2n) is 4.29. The molecule has 4 nitrogen and oxygen atoms in total. The van der Waals surface area contributed by atoms with Crippen molar-refractivity contribution in [3.63, 3.8) is 0 Å². The van der Waals surface area contributed by atoms with Gasteiger partial charge in [-0.1, -0.05) is 12.1 Å². The molecule has 5 heteroatoms. The normalized spacial score (nSPS) is 10.8. The zero-order chi connectivity index (χ0) is 13.4. The summed E-state index contributed by atoms with van der Waals surface area (Å²) in [7, 11) is 0. The first kappa shape index (κ1) is 12.3. The molecule has 2 heterocycles. The summed E-state index contributed by atoms with van der Waals surface area (Å²) in [4.78, 5) is 13.2. The molecule has 94 valence electrons. The monoisotopic (exact) mass is 362 g/mol. The molecule has 0 amide bonds. The van der Waals surface area contributed by atoms with E-state index in [1.165, 1.54) is 0 Å². The van der Waals surface area contributed by atoms with E-state index in [4.69, 9.17) is 5.73 Å². The van der Waals surface area contributed by atoms with Crippen LogP contribution in [0.3, 0.4) is 0 Å². The van der Waals surface area contributed by atoms with Gasteiger partial charge in [0.05, 0.1) is 0 Å². The highest BCUT2D eigenvalue weighted by Gasteiger charge is 2.07. The molecule has 3 rings (SSSR count). The van der Waals surface area contributed by atoms with Crippen molar-refractivity contribution < 1.29 is 0 Å². The lowest BCUT2D eigenvalue weighted by Crippen LogP contribution is -1.98. The lowest BCUT2D eigenvalue weighted by molar-refractivity contribution is 1.18. The first-order valence-electron chi connectivity index (χ1n) is 5.79. The Hall–Kier alpha value is -1.76. The highest BCUT2D eigenvalue weighted by molar-refractivity contribution is 14.1. The standard InChI is InChI=1S/C14H11IN4/c1-8-5-10-7-17-14(19-12(10)13(16)18-8)9-3-2-4-11(15)6-9/h2-7H,1H3,(H2,16,18). The number of nitrogens with zero attached hydrogens (tertiary/aromatic N) is 3. The van der Waals surface area contributed by atoms with Crippen molar-refractivity contribution in [3.05, 3.63) is 45.8 Å². The Morgan fingerprint density at radius 1 is 1.16 bits per heavy atom. The first-order valence-corrected chi connectivity index (χ1v) is 6.87. The van der Waals surface area contributed by atoms with E-state index < -0.39 is 0 Å². The predicted molar refractivity (Wildman–Crippen MR) is 84.6 cm³/mol. The summed E-state index contributed by atoms with van der Waals surface area (Å²) in [6.45, 7) is 1.91. The fourth-order valence-electron chi connectivity index (χ4n) is 1.97. The summed E-state index contributed by atoms with van der Waals surface area (Å²) >= 11 is 2.27. The third-order valence-corrected chi connectivity index (χ3v) is 3.47. The second-order valence-corrected chi connectivity index (χ2v) is 5.54. The molecule has 1 aromatic carbocycles. The minimum atomic E-state index is 0.448. The third-order valence-electron chi connectivity index (χ3n) is 2.80. The number of hydrogen-bond donors (Lipinski definition) is 1. The summed E-state index contributed by atoms with van der Waals surface area (Å²) in [6, 6.07) is 9.98. The Balaban J connectivity index is 2.22. The van der Waals surface area contributed by atoms with Crippen molar-refractivity contribution >= 4 is 39.3 Å². The minimum absolute atomic E-state index is 0.448. The summed E-state index contributed by atoms with van der Waals surface area (Å²) in [6.07, 6.45) is 1.79. The van der Waals surface area contributed by atoms with Gasteiger partial charge in [-0.25, -0.2) is 15.0 Å². The van der Waals surface area contributed by atoms with Gasteiger partial charge in [-0.2, -0.15) is 0 Å². The maximum atomic E-state index is 5.93. The fraction of sp³-hybridized carbons (Fsp3) is 0.0714. The van der Waals surface area contributed by atoms with Gasteiger partial charge in [0.2, 0.25) is 0 Å². The van der Waals surface area contributed by atoms with Crippen LogP contribution in [0.15, 0.2) is 36.5 Å². The van der Waals surface area contributed by atoms with Crippen LogP contribution in [0.2, 0.25) is 0 Å². The van der Waals surface area contributed by atoms with E-state index in [1.807, 2.05) is 37.3 Å². The number of halogens is 1. The maximum absolute atomic E-state index is 5.93. The van der Waals surface area contributed by atoms with E-state index >= 15 is 0 Å². The van der Waals surface area contributed by atoms with E-state index in [1.54, 1.807) is 6.20 Å². The van der Waals surface area contributed by atoms with Crippen LogP contribution in [0.25, 0.3) is 22.3 Å². The molecule has 0 saturated heterocycles. The number of benzene rings is 1. The molecule has 0 atom stereocenters. The van der Waals surface area contributed by atoms with Crippen LogP contribution in [0.5, 0.6) is 0 Å². The molecule has 2 aromatic heterocycles. The number of aryl methyl sites for hydroxylation is 1. The Kier molecular flexibility index (Phi) is 3.06. The summed E-state index contributed by atoms with van der Waals surface area (Å²) in [5, 5.41) is 0.916. The van der Waals surface area contributed by atoms with Crippen molar-refractivity contribution in [3.8, 4) is 11.4 Å². The molecule has 3 aromatic rings. The molecule has 0 radical (unpaired) electrons. The molecular formula is C14H11IN4. The molecule has 0 fully saturated rings. The summed E-state index contributed by atoms with van der Waals surface area (Å²) in [5.74, 6) is 1.12. The number of anilines is 1. The number of nitrogen functional groups attached to an aromatic ring is 1. The first-order chi connectivity index (χ1) is 9.13. The maximum Gasteiger partial charge on any atom is 0.159 e. The SMILES string of the molecule is Cc1cc2cnc(-c3cccc(I)c3)nc2c(N)n1. The second kappa shape index (κ2) is 4.73. The van der Waals surface area contributed by atoms with Gasteiger partial charge in [0.1, 0.15) is 11.3 Å². The topological polar surface area (TPSA) is 64.7 Å². The van der Waals surface area contributed by atoms with E-state index in [9.17, 15) is 0 Å². The molecule has 0 spiro atoms. The van der Waals surface area contributed by atoms with Crippen LogP contribution in [0, 0.1) is 10.5 Å². The lowest BCUT2D eigenvalue weighted by Gasteiger charge is -2.05. The smallest absolute Gasteiger partial charge is 0.159 e. The third kappa shape index (κ3) is 2.37. The predicted octanol–water partition coefficient (Wildman–Crippen LogP) is 3.19.